The molecule has 12 aromatic rings. The number of carbonyl (C=O) groups excluding carboxylic acids is 4. The molecule has 4 aliphatic heterocycles. The SMILES string of the molecule is C.C.C.C.Cn1cc(-c2ccc(CN3C(=O)C(O)(C(F)(F)F)c4ccccc43)c(F)c2)cn1.Cn1cc(-c2ccc(CN3C(=O)C(O)(C(F)(F)F)c4ccccc43)cc2)cn1.Cn1cc(-c2ccc(CN3C(=O)C(O)(C(F)(F)F)c4ccccc43)cc2F)cn1.Cn1cc(-c2ccc(CN3C(=O)C(O)(C(F)(F)F)c4ccccc43)cn2)cn1. The molecule has 7 aromatic carbocycles. The van der Waals surface area contributed by atoms with Crippen molar-refractivity contribution in [2.45, 2.75) is 103 Å². The van der Waals surface area contributed by atoms with Gasteiger partial charge >= 0.3 is 24.7 Å². The van der Waals surface area contributed by atoms with Crippen LogP contribution in [-0.4, -0.2) is 113 Å². The van der Waals surface area contributed by atoms with E-state index in [1.54, 1.807) is 110 Å². The number of fused-ring (bicyclic) bond motifs is 4. The van der Waals surface area contributed by atoms with Crippen LogP contribution in [0.1, 0.15) is 74.2 Å². The van der Waals surface area contributed by atoms with E-state index in [-0.39, 0.29) is 88.8 Å². The van der Waals surface area contributed by atoms with Crippen molar-refractivity contribution in [3.8, 4) is 44.6 Å². The summed E-state index contributed by atoms with van der Waals surface area (Å²) < 4.78 is 198. The Morgan fingerprint density at radius 2 is 0.636 bits per heavy atom. The zero-order valence-electron chi connectivity index (χ0n) is 59.7. The summed E-state index contributed by atoms with van der Waals surface area (Å²) in [5.41, 5.74) is -9.68. The van der Waals surface area contributed by atoms with Crippen molar-refractivity contribution >= 4 is 46.4 Å². The minimum Gasteiger partial charge on any atom is -0.368 e. The van der Waals surface area contributed by atoms with Crippen LogP contribution in [0.4, 0.5) is 84.2 Å². The number of nitrogens with zero attached hydrogens (tertiary/aromatic N) is 13. The maximum Gasteiger partial charge on any atom is 0.430 e. The molecular weight excluding hydrogens is 1570 g/mol. The van der Waals surface area contributed by atoms with Crippen LogP contribution in [-0.2, 0) is 96.0 Å². The van der Waals surface area contributed by atoms with Crippen LogP contribution in [0.25, 0.3) is 44.6 Å². The number of aromatic nitrogens is 9. The fourth-order valence-electron chi connectivity index (χ4n) is 13.7. The number of pyridine rings is 1. The van der Waals surface area contributed by atoms with Gasteiger partial charge in [-0.15, -0.1) is 0 Å². The lowest BCUT2D eigenvalue weighted by Gasteiger charge is -2.25. The van der Waals surface area contributed by atoms with Crippen molar-refractivity contribution in [2.75, 3.05) is 19.6 Å². The molecule has 4 unspecified atom stereocenters. The van der Waals surface area contributed by atoms with Crippen molar-refractivity contribution < 1.29 is 101 Å². The lowest BCUT2D eigenvalue weighted by Crippen LogP contribution is -2.50. The summed E-state index contributed by atoms with van der Waals surface area (Å²) in [5.74, 6) is -7.15. The molecule has 4 atom stereocenters. The first-order valence-corrected chi connectivity index (χ1v) is 34.1. The molecule has 4 N–H and O–H groups in total. The highest BCUT2D eigenvalue weighted by molar-refractivity contribution is 6.10. The van der Waals surface area contributed by atoms with E-state index in [4.69, 9.17) is 0 Å². The number of rotatable bonds is 12. The summed E-state index contributed by atoms with van der Waals surface area (Å²) in [6.45, 7) is -0.998. The summed E-state index contributed by atoms with van der Waals surface area (Å²) in [6.07, 6.45) is -5.81. The van der Waals surface area contributed by atoms with Crippen molar-refractivity contribution in [1.29, 1.82) is 0 Å². The van der Waals surface area contributed by atoms with E-state index in [1.165, 1.54) is 114 Å². The van der Waals surface area contributed by atoms with Gasteiger partial charge in [-0.25, -0.2) is 8.78 Å². The number of aliphatic hydroxyl groups is 4. The van der Waals surface area contributed by atoms with Crippen LogP contribution < -0.4 is 19.6 Å². The molecular formula is C83H77F14N13O8. The first-order chi connectivity index (χ1) is 53.7. The Hall–Kier alpha value is -12.7. The predicted octanol–water partition coefficient (Wildman–Crippen LogP) is 15.8. The molecule has 0 radical (unpaired) electrons. The van der Waals surface area contributed by atoms with E-state index in [1.807, 2.05) is 18.3 Å². The Morgan fingerprint density at radius 1 is 0.322 bits per heavy atom. The second-order valence-electron chi connectivity index (χ2n) is 26.9. The van der Waals surface area contributed by atoms with E-state index in [0.717, 1.165) is 66.6 Å². The monoisotopic (exact) mass is 1650 g/mol. The highest BCUT2D eigenvalue weighted by Crippen LogP contribution is 2.54. The third kappa shape index (κ3) is 15.8. The summed E-state index contributed by atoms with van der Waals surface area (Å²) in [7, 11) is 6.98. The van der Waals surface area contributed by atoms with Gasteiger partial charge in [0.15, 0.2) is 0 Å². The molecule has 0 bridgehead atoms. The lowest BCUT2D eigenvalue weighted by atomic mass is 9.95. The molecule has 4 aliphatic rings. The van der Waals surface area contributed by atoms with Gasteiger partial charge in [0.1, 0.15) is 11.6 Å². The first-order valence-electron chi connectivity index (χ1n) is 34.1. The Kier molecular flexibility index (Phi) is 25.0. The number of benzene rings is 7. The summed E-state index contributed by atoms with van der Waals surface area (Å²) in [6, 6.07) is 39.9. The maximum atomic E-state index is 14.7. The van der Waals surface area contributed by atoms with Crippen LogP contribution in [0.5, 0.6) is 0 Å². The molecule has 21 nitrogen and oxygen atoms in total. The van der Waals surface area contributed by atoms with E-state index >= 15 is 0 Å². The Balaban J connectivity index is 0.000000177. The summed E-state index contributed by atoms with van der Waals surface area (Å²) in [4.78, 5) is 58.0. The van der Waals surface area contributed by atoms with Gasteiger partial charge in [-0.2, -0.15) is 73.1 Å². The Labute approximate surface area is 666 Å². The fourth-order valence-corrected chi connectivity index (χ4v) is 13.7. The minimum atomic E-state index is -5.21. The number of para-hydroxylation sites is 4. The molecule has 4 amide bonds. The van der Waals surface area contributed by atoms with Crippen LogP contribution in [0.2, 0.25) is 0 Å². The first kappa shape index (κ1) is 89.2. The van der Waals surface area contributed by atoms with Crippen LogP contribution in [0.15, 0.2) is 226 Å². The van der Waals surface area contributed by atoms with Gasteiger partial charge in [-0.1, -0.05) is 157 Å². The van der Waals surface area contributed by atoms with Gasteiger partial charge in [0.05, 0.1) is 79.4 Å². The molecule has 620 valence electrons. The van der Waals surface area contributed by atoms with E-state index in [2.05, 4.69) is 25.4 Å². The lowest BCUT2D eigenvalue weighted by molar-refractivity contribution is -0.253. The van der Waals surface area contributed by atoms with E-state index in [9.17, 15) is 101 Å². The van der Waals surface area contributed by atoms with Gasteiger partial charge in [-0.3, -0.25) is 42.9 Å². The normalized spacial score (nSPS) is 18.4. The number of hydrogen-bond acceptors (Lipinski definition) is 13. The molecule has 118 heavy (non-hydrogen) atoms. The number of hydrogen-bond donors (Lipinski definition) is 4. The number of alkyl halides is 12. The second-order valence-corrected chi connectivity index (χ2v) is 26.9. The summed E-state index contributed by atoms with van der Waals surface area (Å²) in [5, 5.41) is 57.2. The van der Waals surface area contributed by atoms with Gasteiger partial charge in [-0.05, 0) is 70.3 Å². The van der Waals surface area contributed by atoms with Gasteiger partial charge in [0, 0.05) is 115 Å². The second kappa shape index (κ2) is 33.1. The molecule has 35 heteroatoms. The molecule has 9 heterocycles. The van der Waals surface area contributed by atoms with Crippen molar-refractivity contribution in [3.05, 3.63) is 282 Å². The van der Waals surface area contributed by atoms with Crippen LogP contribution in [0, 0.1) is 11.6 Å². The van der Waals surface area contributed by atoms with E-state index in [0.29, 0.717) is 33.5 Å². The smallest absolute Gasteiger partial charge is 0.368 e. The molecule has 0 spiro atoms. The zero-order valence-corrected chi connectivity index (χ0v) is 59.7. The molecule has 0 saturated heterocycles. The van der Waals surface area contributed by atoms with Gasteiger partial charge in [0.25, 0.3) is 46.0 Å². The number of anilines is 4. The van der Waals surface area contributed by atoms with Crippen molar-refractivity contribution in [2.24, 2.45) is 28.2 Å². The third-order valence-electron chi connectivity index (χ3n) is 19.5. The fraction of sp³-hybridized carbons (Fsp3) is 0.241. The average molecular weight is 1650 g/mol. The van der Waals surface area contributed by atoms with Gasteiger partial charge in [0.2, 0.25) is 0 Å². The average Bonchev–Trinajstić information content (AvgIpc) is 1.59. The topological polar surface area (TPSA) is 246 Å². The molecule has 0 fully saturated rings. The van der Waals surface area contributed by atoms with Crippen molar-refractivity contribution in [3.63, 3.8) is 0 Å². The van der Waals surface area contributed by atoms with Crippen LogP contribution >= 0.6 is 0 Å². The van der Waals surface area contributed by atoms with Crippen molar-refractivity contribution in [1.82, 2.24) is 44.1 Å². The number of halogens is 14. The highest BCUT2D eigenvalue weighted by Gasteiger charge is 2.70. The molecule has 16 rings (SSSR count). The zero-order chi connectivity index (χ0) is 82.2. The predicted molar refractivity (Wildman–Crippen MR) is 410 cm³/mol. The number of aryl methyl sites for hydroxylation is 4. The largest absolute Gasteiger partial charge is 0.430 e. The summed E-state index contributed by atoms with van der Waals surface area (Å²) >= 11 is 0. The van der Waals surface area contributed by atoms with Crippen LogP contribution in [0.3, 0.4) is 0 Å². The number of amides is 4. The van der Waals surface area contributed by atoms with E-state index < -0.39 is 111 Å². The maximum absolute atomic E-state index is 14.7. The molecule has 5 aromatic heterocycles. The third-order valence-corrected chi connectivity index (χ3v) is 19.5. The Bertz CT molecular complexity index is 5520. The molecule has 0 saturated carbocycles. The quantitative estimate of drug-likeness (QED) is 0.0832. The molecule has 0 aliphatic carbocycles. The minimum absolute atomic E-state index is 0. The van der Waals surface area contributed by atoms with Gasteiger partial charge < -0.3 is 40.0 Å². The number of carbonyl (C=O) groups is 4. The Morgan fingerprint density at radius 3 is 0.975 bits per heavy atom. The highest BCUT2D eigenvalue weighted by atomic mass is 19.4. The standard InChI is InChI=1S/2C20H15F4N3O2.C20H16F3N3O2.C19H15F3N4O2.4CH4/c1-26-10-14(9-25-26)12-6-7-13(16(21)8-12)11-27-17-5-3-2-4-15(17)19(29,18(27)28)20(22,23)24;1-26-11-13(9-25-26)14-7-6-12(8-16(14)21)10-27-17-5-3-2-4-15(17)19(29,18(27)28)20(22,23)24;1-25-12-15(10-24-25)14-8-6-13(7-9-14)11-26-17-5-3-2-4-16(17)19(28,18(26)27)20(21,22)23;1-25-11-13(9-24-25)15-7-6-12(8-23-15)10-26-16-5-3-2-4-14(16)18(28,17(26)27)19(20,21)22;;;;/h2-10,29H,11H2,1H3;2-9,11,29H,10H2,1H3;2-10,12,28H,11H2,1H3;2-9,11,28H,10H2,1H3;4*1H4.